The van der Waals surface area contributed by atoms with Crippen LogP contribution in [0.4, 0.5) is 13.2 Å². The Bertz CT molecular complexity index is 1450. The normalized spacial score (nSPS) is 18.8. The Labute approximate surface area is 251 Å². The summed E-state index contributed by atoms with van der Waals surface area (Å²) in [5.74, 6) is -6.90. The second kappa shape index (κ2) is 13.3. The molecule has 0 unspecified atom stereocenters. The van der Waals surface area contributed by atoms with Gasteiger partial charge >= 0.3 is 11.9 Å². The van der Waals surface area contributed by atoms with E-state index in [4.69, 9.17) is 41.5 Å². The topological polar surface area (TPSA) is 167 Å². The van der Waals surface area contributed by atoms with Gasteiger partial charge in [-0.3, -0.25) is 4.90 Å². The zero-order chi connectivity index (χ0) is 31.5. The molecule has 0 aliphatic carbocycles. The van der Waals surface area contributed by atoms with Gasteiger partial charge < -0.3 is 29.9 Å². The summed E-state index contributed by atoms with van der Waals surface area (Å²) in [5, 5.41) is 37.0. The Morgan fingerprint density at radius 2 is 1.86 bits per heavy atom. The predicted octanol–water partition coefficient (Wildman–Crippen LogP) is 2.76. The van der Waals surface area contributed by atoms with Gasteiger partial charge in [-0.15, -0.1) is 11.3 Å². The van der Waals surface area contributed by atoms with Crippen LogP contribution < -0.4 is 0 Å². The summed E-state index contributed by atoms with van der Waals surface area (Å²) in [6.07, 6.45) is -0.0992. The molecule has 234 valence electrons. The average molecular weight is 649 g/mol. The molecule has 3 aromatic heterocycles. The van der Waals surface area contributed by atoms with Gasteiger partial charge in [-0.1, -0.05) is 11.6 Å². The van der Waals surface area contributed by atoms with Gasteiger partial charge in [0.1, 0.15) is 12.2 Å². The number of rotatable bonds is 8. The number of hydrogen-bond acceptors (Lipinski definition) is 10. The van der Waals surface area contributed by atoms with E-state index in [1.165, 1.54) is 40.4 Å². The molecule has 0 amide bonds. The van der Waals surface area contributed by atoms with Gasteiger partial charge in [0.2, 0.25) is 0 Å². The predicted molar refractivity (Wildman–Crippen MR) is 145 cm³/mol. The smallest absolute Gasteiger partial charge is 0.335 e. The minimum atomic E-state index is -3.02. The molecule has 5 heterocycles. The number of carboxylic acid groups (broad SMARTS) is 2. The van der Waals surface area contributed by atoms with Gasteiger partial charge in [0.05, 0.1) is 16.6 Å². The molecule has 1 spiro atoms. The van der Waals surface area contributed by atoms with E-state index in [2.05, 4.69) is 15.0 Å². The second-order valence-electron chi connectivity index (χ2n) is 9.91. The fourth-order valence-corrected chi connectivity index (χ4v) is 6.27. The average Bonchev–Trinajstić information content (AvgIpc) is 3.56. The summed E-state index contributed by atoms with van der Waals surface area (Å²) in [5.41, 5.74) is 0.859. The molecule has 1 fully saturated rings. The number of alkyl halides is 2. The van der Waals surface area contributed by atoms with Crippen molar-refractivity contribution in [1.82, 2.24) is 19.7 Å². The lowest BCUT2D eigenvalue weighted by Gasteiger charge is -2.45. The first kappa shape index (κ1) is 32.8. The van der Waals surface area contributed by atoms with E-state index in [0.29, 0.717) is 47.4 Å². The Morgan fingerprint density at radius 1 is 1.21 bits per heavy atom. The summed E-state index contributed by atoms with van der Waals surface area (Å²) in [4.78, 5) is 26.4. The zero-order valence-corrected chi connectivity index (χ0v) is 24.2. The molecule has 0 bridgehead atoms. The lowest BCUT2D eigenvalue weighted by molar-refractivity contribution is -0.182. The van der Waals surface area contributed by atoms with Gasteiger partial charge in [-0.2, -0.15) is 13.9 Å². The van der Waals surface area contributed by atoms with E-state index >= 15 is 0 Å². The van der Waals surface area contributed by atoms with E-state index in [1.54, 1.807) is 13.3 Å². The molecular weight excluding hydrogens is 621 g/mol. The maximum absolute atomic E-state index is 14.4. The fourth-order valence-electron chi connectivity index (χ4n) is 4.79. The van der Waals surface area contributed by atoms with Crippen LogP contribution in [0.3, 0.4) is 0 Å². The van der Waals surface area contributed by atoms with Crippen molar-refractivity contribution in [2.45, 2.75) is 49.7 Å². The van der Waals surface area contributed by atoms with Gasteiger partial charge in [0, 0.05) is 55.1 Å². The number of carbonyl (C=O) groups is 2. The lowest BCUT2D eigenvalue weighted by atomic mass is 9.84. The number of hydrogen-bond donors (Lipinski definition) is 4. The molecule has 3 aromatic rings. The molecule has 0 aromatic carbocycles. The summed E-state index contributed by atoms with van der Waals surface area (Å²) in [6.45, 7) is 1.51. The highest BCUT2D eigenvalue weighted by atomic mass is 35.5. The van der Waals surface area contributed by atoms with Crippen LogP contribution in [0.2, 0.25) is 4.34 Å². The highest BCUT2D eigenvalue weighted by molar-refractivity contribution is 7.16. The number of aliphatic carboxylic acids is 2. The van der Waals surface area contributed by atoms with Crippen molar-refractivity contribution >= 4 is 34.9 Å². The number of nitrogens with zero attached hydrogens (tertiary/aromatic N) is 4. The number of ether oxygens (including phenoxy) is 2. The van der Waals surface area contributed by atoms with Crippen LogP contribution in [-0.2, 0) is 43.7 Å². The lowest BCUT2D eigenvalue weighted by Crippen LogP contribution is -2.48. The largest absolute Gasteiger partial charge is 0.479 e. The van der Waals surface area contributed by atoms with E-state index in [-0.39, 0.29) is 18.0 Å². The quantitative estimate of drug-likeness (QED) is 0.284. The first-order valence-electron chi connectivity index (χ1n) is 12.8. The standard InChI is InChI=1S/C22H22ClF3N4O2S.C4H6O6/c1-31-12-17-14(11-30(28-17)20-16(24)3-2-6-27-20)10-29-7-4-21(5-8-29)19-15(9-18(23)33-19)22(25,26)13-32-21;5-1(3(7)8)2(6)4(9)10/h2-3,6,9,11H,4-5,7-8,10,12-13H2,1H3;1-2,5-6H,(H,7,8)(H,9,10)/t;1-,2-/m.1/s1. The first-order chi connectivity index (χ1) is 20.3. The summed E-state index contributed by atoms with van der Waals surface area (Å²) < 4.78 is 55.8. The molecule has 0 saturated carbocycles. The molecule has 2 aliphatic heterocycles. The number of methoxy groups -OCH3 is 1. The Morgan fingerprint density at radius 3 is 2.44 bits per heavy atom. The van der Waals surface area contributed by atoms with Crippen molar-refractivity contribution in [1.29, 1.82) is 0 Å². The van der Waals surface area contributed by atoms with Crippen LogP contribution in [0, 0.1) is 5.82 Å². The first-order valence-corrected chi connectivity index (χ1v) is 14.0. The molecule has 43 heavy (non-hydrogen) atoms. The van der Waals surface area contributed by atoms with Crippen LogP contribution >= 0.6 is 22.9 Å². The fraction of sp³-hybridized carbons (Fsp3) is 0.462. The number of aliphatic hydroxyl groups excluding tert-OH is 2. The minimum absolute atomic E-state index is 0.00163. The molecule has 0 radical (unpaired) electrons. The second-order valence-corrected chi connectivity index (χ2v) is 11.6. The molecule has 4 N–H and O–H groups in total. The van der Waals surface area contributed by atoms with Gasteiger partial charge in [-0.05, 0) is 31.0 Å². The highest BCUT2D eigenvalue weighted by Gasteiger charge is 2.51. The number of aliphatic hydroxyl groups is 2. The molecule has 5 rings (SSSR count). The number of fused-ring (bicyclic) bond motifs is 2. The number of aromatic nitrogens is 3. The van der Waals surface area contributed by atoms with E-state index in [0.717, 1.165) is 5.56 Å². The molecule has 2 aliphatic rings. The number of carboxylic acids is 2. The summed E-state index contributed by atoms with van der Waals surface area (Å²) in [7, 11) is 1.58. The SMILES string of the molecule is COCc1nn(-c2ncccc2F)cc1CN1CCC2(CC1)OCC(F)(F)c1cc(Cl)sc12.O=C(O)[C@H](O)[C@@H](O)C(=O)O. The van der Waals surface area contributed by atoms with Crippen molar-refractivity contribution in [2.75, 3.05) is 26.8 Å². The van der Waals surface area contributed by atoms with Crippen molar-refractivity contribution in [3.63, 3.8) is 0 Å². The van der Waals surface area contributed by atoms with Crippen LogP contribution in [0.1, 0.15) is 34.5 Å². The molecule has 2 atom stereocenters. The Kier molecular flexibility index (Phi) is 10.1. The summed E-state index contributed by atoms with van der Waals surface area (Å²) in [6, 6.07) is 4.24. The third kappa shape index (κ3) is 7.17. The number of piperidine rings is 1. The number of pyridine rings is 1. The van der Waals surface area contributed by atoms with Crippen LogP contribution in [0.25, 0.3) is 5.82 Å². The maximum Gasteiger partial charge on any atom is 0.335 e. The van der Waals surface area contributed by atoms with E-state index in [9.17, 15) is 22.8 Å². The monoisotopic (exact) mass is 648 g/mol. The number of likely N-dealkylation sites (tertiary alicyclic amines) is 1. The Balaban J connectivity index is 0.000000365. The van der Waals surface area contributed by atoms with Gasteiger partial charge in [0.25, 0.3) is 5.92 Å². The zero-order valence-electron chi connectivity index (χ0n) is 22.6. The number of halogens is 4. The van der Waals surface area contributed by atoms with Crippen LogP contribution in [0.15, 0.2) is 30.6 Å². The van der Waals surface area contributed by atoms with E-state index in [1.807, 2.05) is 0 Å². The van der Waals surface area contributed by atoms with Crippen molar-refractivity contribution in [3.05, 3.63) is 62.4 Å². The van der Waals surface area contributed by atoms with E-state index < -0.39 is 48.1 Å². The molecule has 1 saturated heterocycles. The molecule has 12 nitrogen and oxygen atoms in total. The van der Waals surface area contributed by atoms with Gasteiger partial charge in [0.15, 0.2) is 23.8 Å². The third-order valence-electron chi connectivity index (χ3n) is 7.02. The summed E-state index contributed by atoms with van der Waals surface area (Å²) >= 11 is 7.28. The minimum Gasteiger partial charge on any atom is -0.479 e. The number of thiophene rings is 1. The Hall–Kier alpha value is -3.12. The van der Waals surface area contributed by atoms with Crippen molar-refractivity contribution < 1.29 is 52.7 Å². The van der Waals surface area contributed by atoms with Crippen LogP contribution in [-0.4, -0.2) is 91.0 Å². The molecule has 17 heteroatoms. The molecular formula is C26H28ClF3N4O8S. The van der Waals surface area contributed by atoms with Crippen molar-refractivity contribution in [2.24, 2.45) is 0 Å². The van der Waals surface area contributed by atoms with Crippen molar-refractivity contribution in [3.8, 4) is 5.82 Å². The highest BCUT2D eigenvalue weighted by Crippen LogP contribution is 2.52. The van der Waals surface area contributed by atoms with Crippen LogP contribution in [0.5, 0.6) is 0 Å². The van der Waals surface area contributed by atoms with Gasteiger partial charge in [-0.25, -0.2) is 23.6 Å². The maximum atomic E-state index is 14.4. The third-order valence-corrected chi connectivity index (χ3v) is 8.47.